The van der Waals surface area contributed by atoms with Crippen LogP contribution in [0.1, 0.15) is 18.7 Å². The van der Waals surface area contributed by atoms with Crippen molar-refractivity contribution in [2.75, 3.05) is 12.3 Å². The number of aromatic nitrogens is 3. The lowest BCUT2D eigenvalue weighted by Crippen LogP contribution is -2.10. The normalized spacial score (nSPS) is 20.6. The van der Waals surface area contributed by atoms with Gasteiger partial charge in [-0.15, -0.1) is 0 Å². The summed E-state index contributed by atoms with van der Waals surface area (Å²) in [6.45, 7) is 0.861. The van der Waals surface area contributed by atoms with Crippen molar-refractivity contribution in [2.45, 2.75) is 25.4 Å². The van der Waals surface area contributed by atoms with Gasteiger partial charge in [0.2, 0.25) is 0 Å². The molecule has 5 nitrogen and oxygen atoms in total. The summed E-state index contributed by atoms with van der Waals surface area (Å²) in [5.41, 5.74) is 7.22. The van der Waals surface area contributed by atoms with Gasteiger partial charge in [0.1, 0.15) is 0 Å². The standard InChI is InChI=1S/C11H14N4O/c12-9-4-1-5-15-11(9)13-10(14-15)7-8-3-2-6-16-8/h1,4-5,8H,2-3,6-7,12H2. The third-order valence-electron chi connectivity index (χ3n) is 2.87. The van der Waals surface area contributed by atoms with Crippen molar-refractivity contribution in [1.29, 1.82) is 0 Å². The predicted octanol–water partition coefficient (Wildman–Crippen LogP) is 1.03. The third-order valence-corrected chi connectivity index (χ3v) is 2.87. The van der Waals surface area contributed by atoms with E-state index in [1.54, 1.807) is 4.52 Å². The lowest BCUT2D eigenvalue weighted by atomic mass is 10.2. The van der Waals surface area contributed by atoms with Crippen molar-refractivity contribution < 1.29 is 4.74 Å². The molecule has 0 aromatic carbocycles. The van der Waals surface area contributed by atoms with Gasteiger partial charge in [0, 0.05) is 19.2 Å². The molecule has 0 bridgehead atoms. The molecular weight excluding hydrogens is 204 g/mol. The summed E-state index contributed by atoms with van der Waals surface area (Å²) in [4.78, 5) is 4.42. The summed E-state index contributed by atoms with van der Waals surface area (Å²) in [6.07, 6.45) is 5.16. The smallest absolute Gasteiger partial charge is 0.178 e. The summed E-state index contributed by atoms with van der Waals surface area (Å²) in [5.74, 6) is 0.810. The molecule has 5 heteroatoms. The van der Waals surface area contributed by atoms with Gasteiger partial charge in [0.15, 0.2) is 11.5 Å². The van der Waals surface area contributed by atoms with Gasteiger partial charge in [-0.3, -0.25) is 0 Å². The highest BCUT2D eigenvalue weighted by molar-refractivity contribution is 5.63. The van der Waals surface area contributed by atoms with Gasteiger partial charge in [-0.2, -0.15) is 5.10 Å². The number of ether oxygens (including phenoxy) is 1. The number of nitrogens with two attached hydrogens (primary N) is 1. The van der Waals surface area contributed by atoms with Crippen molar-refractivity contribution in [3.8, 4) is 0 Å². The fraction of sp³-hybridized carbons (Fsp3) is 0.455. The molecule has 3 rings (SSSR count). The summed E-state index contributed by atoms with van der Waals surface area (Å²) in [6, 6.07) is 3.70. The van der Waals surface area contributed by atoms with Crippen molar-refractivity contribution in [2.24, 2.45) is 0 Å². The number of hydrogen-bond donors (Lipinski definition) is 1. The number of nitrogen functional groups attached to an aromatic ring is 1. The number of anilines is 1. The van der Waals surface area contributed by atoms with E-state index in [-0.39, 0.29) is 6.10 Å². The molecule has 16 heavy (non-hydrogen) atoms. The summed E-state index contributed by atoms with van der Waals surface area (Å²) >= 11 is 0. The first-order chi connectivity index (χ1) is 7.83. The van der Waals surface area contributed by atoms with E-state index >= 15 is 0 Å². The van der Waals surface area contributed by atoms with Gasteiger partial charge in [0.05, 0.1) is 11.8 Å². The molecule has 1 unspecified atom stereocenters. The second-order valence-corrected chi connectivity index (χ2v) is 4.10. The van der Waals surface area contributed by atoms with Crippen LogP contribution in [0.15, 0.2) is 18.3 Å². The molecule has 2 aromatic rings. The molecule has 0 amide bonds. The Morgan fingerprint density at radius 3 is 3.25 bits per heavy atom. The van der Waals surface area contributed by atoms with Gasteiger partial charge in [-0.05, 0) is 25.0 Å². The Hall–Kier alpha value is -1.62. The van der Waals surface area contributed by atoms with Crippen LogP contribution in [0.5, 0.6) is 0 Å². The maximum atomic E-state index is 5.82. The van der Waals surface area contributed by atoms with Crippen molar-refractivity contribution in [3.05, 3.63) is 24.2 Å². The highest BCUT2D eigenvalue weighted by Crippen LogP contribution is 2.17. The molecule has 2 aromatic heterocycles. The molecule has 84 valence electrons. The topological polar surface area (TPSA) is 65.4 Å². The van der Waals surface area contributed by atoms with E-state index in [1.165, 1.54) is 0 Å². The van der Waals surface area contributed by atoms with E-state index in [1.807, 2.05) is 18.3 Å². The maximum absolute atomic E-state index is 5.82. The van der Waals surface area contributed by atoms with Crippen LogP contribution in [0.4, 0.5) is 5.69 Å². The van der Waals surface area contributed by atoms with Crippen LogP contribution in [0.25, 0.3) is 5.65 Å². The Morgan fingerprint density at radius 2 is 2.50 bits per heavy atom. The molecule has 1 fully saturated rings. The first-order valence-corrected chi connectivity index (χ1v) is 5.54. The van der Waals surface area contributed by atoms with E-state index in [0.29, 0.717) is 5.69 Å². The molecule has 0 saturated carbocycles. The van der Waals surface area contributed by atoms with E-state index in [0.717, 1.165) is 37.3 Å². The summed E-state index contributed by atoms with van der Waals surface area (Å²) in [7, 11) is 0. The minimum Gasteiger partial charge on any atom is -0.396 e. The minimum atomic E-state index is 0.277. The van der Waals surface area contributed by atoms with Crippen LogP contribution < -0.4 is 5.73 Å². The van der Waals surface area contributed by atoms with E-state index < -0.39 is 0 Å². The Labute approximate surface area is 93.2 Å². The highest BCUT2D eigenvalue weighted by atomic mass is 16.5. The minimum absolute atomic E-state index is 0.277. The van der Waals surface area contributed by atoms with Crippen LogP contribution in [0.3, 0.4) is 0 Å². The SMILES string of the molecule is Nc1cccn2nc(CC3CCCO3)nc12. The molecule has 0 spiro atoms. The van der Waals surface area contributed by atoms with Crippen LogP contribution >= 0.6 is 0 Å². The monoisotopic (exact) mass is 218 g/mol. The molecular formula is C11H14N4O. The van der Waals surface area contributed by atoms with Crippen molar-refractivity contribution >= 4 is 11.3 Å². The fourth-order valence-corrected chi connectivity index (χ4v) is 2.07. The largest absolute Gasteiger partial charge is 0.396 e. The number of rotatable bonds is 2. The van der Waals surface area contributed by atoms with Gasteiger partial charge in [-0.1, -0.05) is 0 Å². The van der Waals surface area contributed by atoms with Crippen LogP contribution in [0, 0.1) is 0 Å². The molecule has 0 aliphatic carbocycles. The average molecular weight is 218 g/mol. The lowest BCUT2D eigenvalue weighted by Gasteiger charge is -2.04. The quantitative estimate of drug-likeness (QED) is 0.817. The van der Waals surface area contributed by atoms with Gasteiger partial charge in [-0.25, -0.2) is 9.50 Å². The molecule has 1 atom stereocenters. The van der Waals surface area contributed by atoms with Crippen molar-refractivity contribution in [1.82, 2.24) is 14.6 Å². The molecule has 1 aliphatic rings. The zero-order valence-corrected chi connectivity index (χ0v) is 8.97. The molecule has 2 N–H and O–H groups in total. The van der Waals surface area contributed by atoms with Crippen LogP contribution in [-0.4, -0.2) is 27.3 Å². The highest BCUT2D eigenvalue weighted by Gasteiger charge is 2.18. The van der Waals surface area contributed by atoms with Crippen LogP contribution in [0.2, 0.25) is 0 Å². The van der Waals surface area contributed by atoms with Gasteiger partial charge >= 0.3 is 0 Å². The lowest BCUT2D eigenvalue weighted by molar-refractivity contribution is 0.110. The molecule has 1 aliphatic heterocycles. The first-order valence-electron chi connectivity index (χ1n) is 5.54. The van der Waals surface area contributed by atoms with E-state index in [9.17, 15) is 0 Å². The number of fused-ring (bicyclic) bond motifs is 1. The molecule has 1 saturated heterocycles. The average Bonchev–Trinajstić information content (AvgIpc) is 2.88. The second kappa shape index (κ2) is 3.75. The summed E-state index contributed by atoms with van der Waals surface area (Å²) in [5, 5.41) is 4.38. The van der Waals surface area contributed by atoms with Gasteiger partial charge < -0.3 is 10.5 Å². The van der Waals surface area contributed by atoms with Gasteiger partial charge in [0.25, 0.3) is 0 Å². The Balaban J connectivity index is 1.90. The predicted molar refractivity (Wildman–Crippen MR) is 60.1 cm³/mol. The maximum Gasteiger partial charge on any atom is 0.178 e. The number of nitrogens with zero attached hydrogens (tertiary/aromatic N) is 3. The van der Waals surface area contributed by atoms with E-state index in [4.69, 9.17) is 10.5 Å². The molecule has 3 heterocycles. The zero-order valence-electron chi connectivity index (χ0n) is 8.97. The Bertz CT molecular complexity index is 502. The third kappa shape index (κ3) is 1.63. The Kier molecular flexibility index (Phi) is 2.25. The molecule has 0 radical (unpaired) electrons. The zero-order chi connectivity index (χ0) is 11.0. The van der Waals surface area contributed by atoms with Crippen LogP contribution in [-0.2, 0) is 11.2 Å². The second-order valence-electron chi connectivity index (χ2n) is 4.10. The summed E-state index contributed by atoms with van der Waals surface area (Å²) < 4.78 is 7.28. The Morgan fingerprint density at radius 1 is 1.56 bits per heavy atom. The van der Waals surface area contributed by atoms with Crippen molar-refractivity contribution in [3.63, 3.8) is 0 Å². The number of pyridine rings is 1. The fourth-order valence-electron chi connectivity index (χ4n) is 2.07. The number of hydrogen-bond acceptors (Lipinski definition) is 4. The first kappa shape index (κ1) is 9.59. The van der Waals surface area contributed by atoms with E-state index in [2.05, 4.69) is 10.1 Å².